The standard InChI is InChI=1S/C14H19NO3/c1-3-5-13(16)15(2)10-12-7-4-6-11(8-12)9-14(17)18/h4,6-8H,3,5,9-10H2,1-2H3,(H,17,18). The van der Waals surface area contributed by atoms with Crippen LogP contribution < -0.4 is 0 Å². The van der Waals surface area contributed by atoms with Gasteiger partial charge in [0.25, 0.3) is 0 Å². The lowest BCUT2D eigenvalue weighted by atomic mass is 10.1. The van der Waals surface area contributed by atoms with Crippen LogP contribution in [-0.2, 0) is 22.6 Å². The Hall–Kier alpha value is -1.84. The summed E-state index contributed by atoms with van der Waals surface area (Å²) in [6.07, 6.45) is 1.40. The summed E-state index contributed by atoms with van der Waals surface area (Å²) < 4.78 is 0. The largest absolute Gasteiger partial charge is 0.481 e. The van der Waals surface area contributed by atoms with Crippen LogP contribution in [0.2, 0.25) is 0 Å². The molecule has 0 atom stereocenters. The number of aliphatic carboxylic acids is 1. The van der Waals surface area contributed by atoms with Gasteiger partial charge in [-0.2, -0.15) is 0 Å². The Labute approximate surface area is 107 Å². The van der Waals surface area contributed by atoms with E-state index in [4.69, 9.17) is 5.11 Å². The van der Waals surface area contributed by atoms with Crippen molar-refractivity contribution in [2.45, 2.75) is 32.7 Å². The number of nitrogens with zero attached hydrogens (tertiary/aromatic N) is 1. The highest BCUT2D eigenvalue weighted by Gasteiger charge is 2.08. The summed E-state index contributed by atoms with van der Waals surface area (Å²) in [5.74, 6) is -0.733. The fourth-order valence-corrected chi connectivity index (χ4v) is 1.78. The van der Waals surface area contributed by atoms with E-state index in [1.807, 2.05) is 25.1 Å². The molecule has 0 unspecified atom stereocenters. The van der Waals surface area contributed by atoms with E-state index in [2.05, 4.69) is 0 Å². The molecule has 4 heteroatoms. The van der Waals surface area contributed by atoms with Crippen LogP contribution in [0.4, 0.5) is 0 Å². The molecular weight excluding hydrogens is 230 g/mol. The minimum absolute atomic E-state index is 0.0143. The SMILES string of the molecule is CCCC(=O)N(C)Cc1cccc(CC(=O)O)c1. The second-order valence-electron chi connectivity index (χ2n) is 4.39. The van der Waals surface area contributed by atoms with Crippen LogP contribution in [0.1, 0.15) is 30.9 Å². The van der Waals surface area contributed by atoms with Gasteiger partial charge in [-0.25, -0.2) is 0 Å². The second-order valence-corrected chi connectivity index (χ2v) is 4.39. The topological polar surface area (TPSA) is 57.6 Å². The van der Waals surface area contributed by atoms with Crippen molar-refractivity contribution in [3.8, 4) is 0 Å². The second kappa shape index (κ2) is 6.79. The van der Waals surface area contributed by atoms with Crippen molar-refractivity contribution in [3.05, 3.63) is 35.4 Å². The van der Waals surface area contributed by atoms with E-state index in [0.717, 1.165) is 17.5 Å². The summed E-state index contributed by atoms with van der Waals surface area (Å²) in [5, 5.41) is 8.73. The summed E-state index contributed by atoms with van der Waals surface area (Å²) >= 11 is 0. The number of hydrogen-bond donors (Lipinski definition) is 1. The predicted octanol–water partition coefficient (Wildman–Crippen LogP) is 2.07. The molecule has 1 aromatic rings. The lowest BCUT2D eigenvalue weighted by Crippen LogP contribution is -2.25. The molecule has 0 aliphatic rings. The number of carbonyl (C=O) groups excluding carboxylic acids is 1. The zero-order valence-corrected chi connectivity index (χ0v) is 10.8. The first-order valence-corrected chi connectivity index (χ1v) is 6.06. The van der Waals surface area contributed by atoms with Crippen LogP contribution in [0.5, 0.6) is 0 Å². The highest BCUT2D eigenvalue weighted by Crippen LogP contribution is 2.09. The lowest BCUT2D eigenvalue weighted by molar-refractivity contribution is -0.136. The first kappa shape index (κ1) is 14.2. The molecule has 1 aromatic carbocycles. The maximum Gasteiger partial charge on any atom is 0.307 e. The molecule has 98 valence electrons. The molecule has 18 heavy (non-hydrogen) atoms. The highest BCUT2D eigenvalue weighted by molar-refractivity contribution is 5.75. The fraction of sp³-hybridized carbons (Fsp3) is 0.429. The lowest BCUT2D eigenvalue weighted by Gasteiger charge is -2.17. The molecule has 0 bridgehead atoms. The third kappa shape index (κ3) is 4.57. The van der Waals surface area contributed by atoms with Gasteiger partial charge in [-0.15, -0.1) is 0 Å². The molecule has 1 amide bonds. The van der Waals surface area contributed by atoms with Crippen molar-refractivity contribution in [1.29, 1.82) is 0 Å². The third-order valence-electron chi connectivity index (χ3n) is 2.66. The van der Waals surface area contributed by atoms with E-state index in [1.54, 1.807) is 18.0 Å². The van der Waals surface area contributed by atoms with Crippen LogP contribution in [0, 0.1) is 0 Å². The molecule has 0 saturated heterocycles. The first-order valence-electron chi connectivity index (χ1n) is 6.06. The average Bonchev–Trinajstić information content (AvgIpc) is 2.28. The van der Waals surface area contributed by atoms with Crippen molar-refractivity contribution in [3.63, 3.8) is 0 Å². The quantitative estimate of drug-likeness (QED) is 0.839. The van der Waals surface area contributed by atoms with Gasteiger partial charge in [0.1, 0.15) is 0 Å². The van der Waals surface area contributed by atoms with Crippen LogP contribution in [0.15, 0.2) is 24.3 Å². The highest BCUT2D eigenvalue weighted by atomic mass is 16.4. The van der Waals surface area contributed by atoms with E-state index in [9.17, 15) is 9.59 Å². The van der Waals surface area contributed by atoms with Gasteiger partial charge in [0.05, 0.1) is 6.42 Å². The van der Waals surface area contributed by atoms with Crippen molar-refractivity contribution >= 4 is 11.9 Å². The van der Waals surface area contributed by atoms with Gasteiger partial charge in [0, 0.05) is 20.0 Å². The number of carboxylic acids is 1. The minimum atomic E-state index is -0.845. The summed E-state index contributed by atoms with van der Waals surface area (Å²) in [6.45, 7) is 2.49. The van der Waals surface area contributed by atoms with Gasteiger partial charge in [-0.05, 0) is 17.5 Å². The molecule has 1 rings (SSSR count). The average molecular weight is 249 g/mol. The Morgan fingerprint density at radius 3 is 2.56 bits per heavy atom. The van der Waals surface area contributed by atoms with E-state index < -0.39 is 5.97 Å². The van der Waals surface area contributed by atoms with Crippen LogP contribution >= 0.6 is 0 Å². The number of benzene rings is 1. The molecule has 0 aliphatic heterocycles. The first-order chi connectivity index (χ1) is 8.52. The number of carboxylic acid groups (broad SMARTS) is 1. The Balaban J connectivity index is 2.66. The third-order valence-corrected chi connectivity index (χ3v) is 2.66. The maximum absolute atomic E-state index is 11.6. The number of carbonyl (C=O) groups is 2. The molecular formula is C14H19NO3. The Morgan fingerprint density at radius 1 is 1.28 bits per heavy atom. The van der Waals surface area contributed by atoms with Gasteiger partial charge in [-0.3, -0.25) is 9.59 Å². The summed E-state index contributed by atoms with van der Waals surface area (Å²) in [6, 6.07) is 7.35. The van der Waals surface area contributed by atoms with Gasteiger partial charge < -0.3 is 10.0 Å². The van der Waals surface area contributed by atoms with E-state index in [-0.39, 0.29) is 12.3 Å². The van der Waals surface area contributed by atoms with Crippen LogP contribution in [-0.4, -0.2) is 28.9 Å². The van der Waals surface area contributed by atoms with Gasteiger partial charge in [-0.1, -0.05) is 31.2 Å². The van der Waals surface area contributed by atoms with Crippen molar-refractivity contribution < 1.29 is 14.7 Å². The Morgan fingerprint density at radius 2 is 1.94 bits per heavy atom. The van der Waals surface area contributed by atoms with E-state index in [1.165, 1.54) is 0 Å². The van der Waals surface area contributed by atoms with Crippen molar-refractivity contribution in [2.75, 3.05) is 7.05 Å². The molecule has 4 nitrogen and oxygen atoms in total. The van der Waals surface area contributed by atoms with Crippen LogP contribution in [0.3, 0.4) is 0 Å². The zero-order valence-electron chi connectivity index (χ0n) is 10.8. The number of hydrogen-bond acceptors (Lipinski definition) is 2. The minimum Gasteiger partial charge on any atom is -0.481 e. The van der Waals surface area contributed by atoms with E-state index >= 15 is 0 Å². The van der Waals surface area contributed by atoms with Gasteiger partial charge in [0.2, 0.25) is 5.91 Å². The van der Waals surface area contributed by atoms with Crippen molar-refractivity contribution in [2.24, 2.45) is 0 Å². The normalized spacial score (nSPS) is 10.1. The molecule has 0 heterocycles. The summed E-state index contributed by atoms with van der Waals surface area (Å²) in [7, 11) is 1.77. The van der Waals surface area contributed by atoms with Crippen LogP contribution in [0.25, 0.3) is 0 Å². The molecule has 0 aromatic heterocycles. The summed E-state index contributed by atoms with van der Waals surface area (Å²) in [5.41, 5.74) is 1.72. The molecule has 1 N–H and O–H groups in total. The monoisotopic (exact) mass is 249 g/mol. The number of amides is 1. The predicted molar refractivity (Wildman–Crippen MR) is 69.2 cm³/mol. The smallest absolute Gasteiger partial charge is 0.307 e. The maximum atomic E-state index is 11.6. The van der Waals surface area contributed by atoms with Gasteiger partial charge >= 0.3 is 5.97 Å². The number of rotatable bonds is 6. The Bertz CT molecular complexity index is 429. The fourth-order valence-electron chi connectivity index (χ4n) is 1.78. The zero-order chi connectivity index (χ0) is 13.5. The molecule has 0 saturated carbocycles. The molecule has 0 radical (unpaired) electrons. The van der Waals surface area contributed by atoms with Gasteiger partial charge in [0.15, 0.2) is 0 Å². The summed E-state index contributed by atoms with van der Waals surface area (Å²) in [4.78, 5) is 23.9. The Kier molecular flexibility index (Phi) is 5.36. The van der Waals surface area contributed by atoms with Crippen molar-refractivity contribution in [1.82, 2.24) is 4.90 Å². The molecule has 0 aliphatic carbocycles. The molecule has 0 spiro atoms. The van der Waals surface area contributed by atoms with E-state index in [0.29, 0.717) is 13.0 Å². The molecule has 0 fully saturated rings.